The highest BCUT2D eigenvalue weighted by Crippen LogP contribution is 2.79. The van der Waals surface area contributed by atoms with Crippen molar-refractivity contribution in [1.29, 1.82) is 0 Å². The third kappa shape index (κ3) is 0.768. The predicted octanol–water partition coefficient (Wildman–Crippen LogP) is 2.98. The van der Waals surface area contributed by atoms with Crippen LogP contribution in [-0.4, -0.2) is 0 Å². The van der Waals surface area contributed by atoms with Gasteiger partial charge < -0.3 is 31.6 Å². The molecule has 2 atom stereocenters. The Balaban J connectivity index is 1.91. The van der Waals surface area contributed by atoms with Gasteiger partial charge in [0.1, 0.15) is 5.39 Å². The largest absolute Gasteiger partial charge is 0.650 e. The molecule has 0 N–H and O–H groups in total. The average molecular weight is 302 g/mol. The zero-order valence-corrected chi connectivity index (χ0v) is 10.4. The molecule has 0 saturated carbocycles. The van der Waals surface area contributed by atoms with Gasteiger partial charge in [-0.3, -0.25) is 0 Å². The highest BCUT2D eigenvalue weighted by Gasteiger charge is 2.59. The predicted molar refractivity (Wildman–Crippen MR) is 55.2 cm³/mol. The number of phosphoric ester groups is 2. The van der Waals surface area contributed by atoms with Crippen LogP contribution in [0.3, 0.4) is 0 Å². The van der Waals surface area contributed by atoms with E-state index in [4.69, 9.17) is 31.6 Å². The molecule has 0 fully saturated rings. The number of hydrogen-bond donors (Lipinski definition) is 0. The van der Waals surface area contributed by atoms with E-state index in [1.165, 1.54) is 0 Å². The van der Waals surface area contributed by atoms with E-state index in [2.05, 4.69) is 0 Å². The first-order valence-electron chi connectivity index (χ1n) is 5.09. The monoisotopic (exact) mass is 302 g/mol. The summed E-state index contributed by atoms with van der Waals surface area (Å²) in [5.74, 6) is 0.507. The molecular formula is C8O9P2. The molecule has 0 aliphatic carbocycles. The molecule has 4 aliphatic heterocycles. The van der Waals surface area contributed by atoms with Crippen molar-refractivity contribution < 1.29 is 40.7 Å². The first-order valence-corrected chi connectivity index (χ1v) is 8.01. The van der Waals surface area contributed by atoms with Gasteiger partial charge in [0.2, 0.25) is 23.0 Å². The maximum Gasteiger partial charge on any atom is 0.650 e. The number of furan rings is 1. The summed E-state index contributed by atoms with van der Waals surface area (Å²) in [6.07, 6.45) is 0. The molecule has 2 unspecified atom stereocenters. The molecule has 0 saturated heterocycles. The van der Waals surface area contributed by atoms with Crippen molar-refractivity contribution in [2.24, 2.45) is 0 Å². The second-order valence-electron chi connectivity index (χ2n) is 4.18. The number of hydrogen-bond acceptors (Lipinski definition) is 9. The molecular weight excluding hydrogens is 302 g/mol. The number of benzene rings is 1. The van der Waals surface area contributed by atoms with Crippen LogP contribution < -0.4 is 27.1 Å². The zero-order valence-electron chi connectivity index (χ0n) is 8.57. The fourth-order valence-electron chi connectivity index (χ4n) is 2.44. The Hall–Kier alpha value is -1.98. The van der Waals surface area contributed by atoms with Crippen LogP contribution in [0.15, 0.2) is 4.42 Å². The van der Waals surface area contributed by atoms with Crippen molar-refractivity contribution in [2.45, 2.75) is 0 Å². The lowest BCUT2D eigenvalue weighted by molar-refractivity contribution is 0.295. The lowest BCUT2D eigenvalue weighted by Gasteiger charge is -2.19. The summed E-state index contributed by atoms with van der Waals surface area (Å²) in [5, 5.41) is 0.365. The standard InChI is InChI=1S/C8O9P2/c9-18-14-5-2-1-3(6(15-18)7(5)16-18)12-19(10)13-4(1)8(11-2)17-19. The third-order valence-corrected chi connectivity index (χ3v) is 5.52. The van der Waals surface area contributed by atoms with Crippen LogP contribution in [0.4, 0.5) is 0 Å². The van der Waals surface area contributed by atoms with Crippen molar-refractivity contribution in [2.75, 3.05) is 0 Å². The van der Waals surface area contributed by atoms with Crippen molar-refractivity contribution in [1.82, 2.24) is 0 Å². The summed E-state index contributed by atoms with van der Waals surface area (Å²) in [5.41, 5.74) is 0.200. The Morgan fingerprint density at radius 2 is 1.21 bits per heavy atom. The normalized spacial score (nSPS) is 33.5. The van der Waals surface area contributed by atoms with Crippen LogP contribution in [0.2, 0.25) is 0 Å². The van der Waals surface area contributed by atoms with Crippen LogP contribution >= 0.6 is 15.6 Å². The quantitative estimate of drug-likeness (QED) is 0.679. The van der Waals surface area contributed by atoms with Gasteiger partial charge in [-0.1, -0.05) is 0 Å². The van der Waals surface area contributed by atoms with Gasteiger partial charge in [0.05, 0.1) is 0 Å². The van der Waals surface area contributed by atoms with E-state index in [1.54, 1.807) is 0 Å². The van der Waals surface area contributed by atoms with E-state index in [-0.39, 0.29) is 40.3 Å². The Bertz CT molecular complexity index is 940. The molecule has 19 heavy (non-hydrogen) atoms. The average Bonchev–Trinajstić information content (AvgIpc) is 2.97. The van der Waals surface area contributed by atoms with Crippen molar-refractivity contribution in [3.63, 3.8) is 0 Å². The fourth-order valence-corrected chi connectivity index (χ4v) is 4.94. The lowest BCUT2D eigenvalue weighted by atomic mass is 10.2. The van der Waals surface area contributed by atoms with Crippen molar-refractivity contribution in [3.8, 4) is 34.7 Å². The second kappa shape index (κ2) is 2.15. The Labute approximate surface area is 103 Å². The van der Waals surface area contributed by atoms with E-state index in [9.17, 15) is 9.13 Å². The first-order chi connectivity index (χ1) is 9.05. The fraction of sp³-hybridized carbons (Fsp3) is 0. The molecule has 0 amide bonds. The SMILES string of the molecule is O=P12Oc3c(c4c5c6c(oc5c3O1)OP(=O)(O6)O4)O2. The van der Waals surface area contributed by atoms with Crippen LogP contribution in [0.5, 0.6) is 34.7 Å². The highest BCUT2D eigenvalue weighted by atomic mass is 31.2. The molecule has 11 heteroatoms. The van der Waals surface area contributed by atoms with E-state index < -0.39 is 15.6 Å². The summed E-state index contributed by atoms with van der Waals surface area (Å²) in [4.78, 5) is 0. The minimum atomic E-state index is -3.78. The summed E-state index contributed by atoms with van der Waals surface area (Å²) in [6, 6.07) is 0. The summed E-state index contributed by atoms with van der Waals surface area (Å²) < 4.78 is 59.8. The van der Waals surface area contributed by atoms with Gasteiger partial charge in [-0.15, -0.1) is 0 Å². The minimum absolute atomic E-state index is 0.0661. The van der Waals surface area contributed by atoms with E-state index >= 15 is 0 Å². The molecule has 4 bridgehead atoms. The van der Waals surface area contributed by atoms with Crippen molar-refractivity contribution in [3.05, 3.63) is 0 Å². The highest BCUT2D eigenvalue weighted by molar-refractivity contribution is 7.51. The Kier molecular flexibility index (Phi) is 1.02. The van der Waals surface area contributed by atoms with Gasteiger partial charge in [-0.05, 0) is 0 Å². The van der Waals surface area contributed by atoms with E-state index in [0.717, 1.165) is 0 Å². The molecule has 2 aromatic rings. The molecule has 0 spiro atoms. The van der Waals surface area contributed by atoms with Gasteiger partial charge in [-0.25, -0.2) is 0 Å². The Morgan fingerprint density at radius 1 is 0.632 bits per heavy atom. The molecule has 6 rings (SSSR count). The number of phosphoric acid groups is 2. The third-order valence-electron chi connectivity index (χ3n) is 3.10. The number of rotatable bonds is 0. The summed E-state index contributed by atoms with van der Waals surface area (Å²) >= 11 is 0. The molecule has 4 aliphatic rings. The Morgan fingerprint density at radius 3 is 2.05 bits per heavy atom. The molecule has 1 aromatic heterocycles. The van der Waals surface area contributed by atoms with Crippen LogP contribution in [-0.2, 0) is 9.13 Å². The van der Waals surface area contributed by atoms with Crippen LogP contribution in [0.1, 0.15) is 0 Å². The van der Waals surface area contributed by atoms with Crippen LogP contribution in [0.25, 0.3) is 11.0 Å². The molecule has 0 radical (unpaired) electrons. The molecule has 1 aromatic carbocycles. The summed E-state index contributed by atoms with van der Waals surface area (Å²) in [6.45, 7) is 0. The minimum Gasteiger partial charge on any atom is -0.418 e. The molecule has 5 heterocycles. The maximum absolute atomic E-state index is 12.0. The first kappa shape index (κ1) is 9.01. The van der Waals surface area contributed by atoms with Crippen molar-refractivity contribution >= 4 is 26.6 Å². The van der Waals surface area contributed by atoms with Gasteiger partial charge in [0.25, 0.3) is 0 Å². The molecule has 9 nitrogen and oxygen atoms in total. The maximum atomic E-state index is 12.0. The zero-order chi connectivity index (χ0) is 12.6. The van der Waals surface area contributed by atoms with E-state index in [0.29, 0.717) is 5.39 Å². The number of fused-ring (bicyclic) bond motifs is 4. The van der Waals surface area contributed by atoms with Gasteiger partial charge in [-0.2, -0.15) is 9.13 Å². The van der Waals surface area contributed by atoms with Gasteiger partial charge in [0, 0.05) is 0 Å². The van der Waals surface area contributed by atoms with Gasteiger partial charge >= 0.3 is 21.6 Å². The van der Waals surface area contributed by atoms with Gasteiger partial charge in [0.15, 0.2) is 11.3 Å². The lowest BCUT2D eigenvalue weighted by Crippen LogP contribution is -2.07. The summed E-state index contributed by atoms with van der Waals surface area (Å²) in [7, 11) is -7.48. The van der Waals surface area contributed by atoms with E-state index in [1.807, 2.05) is 0 Å². The molecule has 96 valence electrons. The second-order valence-corrected chi connectivity index (χ2v) is 7.07. The topological polar surface area (TPSA) is 103 Å². The smallest absolute Gasteiger partial charge is 0.418 e. The van der Waals surface area contributed by atoms with Crippen LogP contribution in [0, 0.1) is 0 Å².